The highest BCUT2D eigenvalue weighted by molar-refractivity contribution is 7.99. The van der Waals surface area contributed by atoms with Gasteiger partial charge in [-0.25, -0.2) is 0 Å². The third-order valence-corrected chi connectivity index (χ3v) is 5.45. The number of hydrogen-bond donors (Lipinski definition) is 0. The monoisotopic (exact) mass is 355 g/mol. The maximum absolute atomic E-state index is 12.6. The van der Waals surface area contributed by atoms with Crippen LogP contribution in [0.3, 0.4) is 0 Å². The molecule has 2 aromatic rings. The number of hydrogen-bond acceptors (Lipinski definition) is 4. The minimum Gasteiger partial charge on any atom is -0.337 e. The number of rotatable bonds is 5. The molecule has 5 heteroatoms. The number of amides is 1. The summed E-state index contributed by atoms with van der Waals surface area (Å²) in [5.41, 5.74) is 1.63. The molecule has 0 aliphatic carbocycles. The first kappa shape index (κ1) is 18.0. The van der Waals surface area contributed by atoms with E-state index in [-0.39, 0.29) is 5.91 Å². The number of thioether (sulfide) groups is 1. The molecular weight excluding hydrogens is 330 g/mol. The number of carbonyl (C=O) groups excluding carboxylic acids is 1. The highest BCUT2D eigenvalue weighted by atomic mass is 32.2. The van der Waals surface area contributed by atoms with Gasteiger partial charge in [0.2, 0.25) is 0 Å². The highest BCUT2D eigenvalue weighted by Gasteiger charge is 2.20. The number of benzene rings is 1. The Labute approximate surface area is 154 Å². The lowest BCUT2D eigenvalue weighted by molar-refractivity contribution is 0.0761. The average Bonchev–Trinajstić information content (AvgIpc) is 2.88. The molecular formula is C20H25N3OS. The topological polar surface area (TPSA) is 36.4 Å². The lowest BCUT2D eigenvalue weighted by Crippen LogP contribution is -2.35. The van der Waals surface area contributed by atoms with Gasteiger partial charge in [-0.05, 0) is 44.2 Å². The van der Waals surface area contributed by atoms with Gasteiger partial charge in [-0.15, -0.1) is 11.8 Å². The van der Waals surface area contributed by atoms with Gasteiger partial charge in [-0.3, -0.25) is 9.78 Å². The molecule has 3 rings (SSSR count). The molecule has 0 bridgehead atoms. The lowest BCUT2D eigenvalue weighted by Gasteiger charge is -2.22. The molecule has 4 nitrogen and oxygen atoms in total. The van der Waals surface area contributed by atoms with Crippen molar-refractivity contribution in [2.24, 2.45) is 0 Å². The molecule has 1 aliphatic heterocycles. The van der Waals surface area contributed by atoms with Crippen LogP contribution in [0.15, 0.2) is 53.6 Å². The molecule has 0 radical (unpaired) electrons. The third kappa shape index (κ3) is 5.31. The second-order valence-corrected chi connectivity index (χ2v) is 7.51. The van der Waals surface area contributed by atoms with Crippen LogP contribution >= 0.6 is 11.8 Å². The normalized spacial score (nSPS) is 15.8. The Morgan fingerprint density at radius 2 is 1.92 bits per heavy atom. The Morgan fingerprint density at radius 3 is 2.68 bits per heavy atom. The third-order valence-electron chi connectivity index (χ3n) is 4.45. The van der Waals surface area contributed by atoms with E-state index in [2.05, 4.69) is 34.1 Å². The zero-order chi connectivity index (χ0) is 17.5. The standard InChI is InChI=1S/C20H25N3OS/c1-17-8-9-18(16-21-17)20(24)23-11-5-10-22(12-13-23)14-15-25-19-6-3-2-4-7-19/h2-4,6-9,16H,5,10-15H2,1H3. The predicted molar refractivity (Wildman–Crippen MR) is 103 cm³/mol. The number of nitrogens with zero attached hydrogens (tertiary/aromatic N) is 3. The van der Waals surface area contributed by atoms with E-state index < -0.39 is 0 Å². The quantitative estimate of drug-likeness (QED) is 0.771. The van der Waals surface area contributed by atoms with Crippen molar-refractivity contribution >= 4 is 17.7 Å². The fourth-order valence-corrected chi connectivity index (χ4v) is 3.92. The van der Waals surface area contributed by atoms with Gasteiger partial charge < -0.3 is 9.80 Å². The molecule has 132 valence electrons. The first-order valence-electron chi connectivity index (χ1n) is 8.84. The average molecular weight is 356 g/mol. The zero-order valence-electron chi connectivity index (χ0n) is 14.7. The summed E-state index contributed by atoms with van der Waals surface area (Å²) in [6.45, 7) is 6.63. The van der Waals surface area contributed by atoms with E-state index in [0.717, 1.165) is 50.6 Å². The second-order valence-electron chi connectivity index (χ2n) is 6.34. The summed E-state index contributed by atoms with van der Waals surface area (Å²) in [6, 6.07) is 14.3. The summed E-state index contributed by atoms with van der Waals surface area (Å²) < 4.78 is 0. The van der Waals surface area contributed by atoms with Crippen molar-refractivity contribution in [3.63, 3.8) is 0 Å². The molecule has 0 saturated carbocycles. The van der Waals surface area contributed by atoms with Crippen molar-refractivity contribution in [3.05, 3.63) is 59.9 Å². The SMILES string of the molecule is Cc1ccc(C(=O)N2CCCN(CCSc3ccccc3)CC2)cn1. The summed E-state index contributed by atoms with van der Waals surface area (Å²) >= 11 is 1.90. The van der Waals surface area contributed by atoms with Crippen LogP contribution in [0.1, 0.15) is 22.5 Å². The summed E-state index contributed by atoms with van der Waals surface area (Å²) in [4.78, 5) is 22.6. The minimum atomic E-state index is 0.105. The summed E-state index contributed by atoms with van der Waals surface area (Å²) in [5.74, 6) is 1.19. The van der Waals surface area contributed by atoms with Crippen LogP contribution in [0.5, 0.6) is 0 Å². The second kappa shape index (κ2) is 9.02. The Hall–Kier alpha value is -1.85. The molecule has 0 N–H and O–H groups in total. The summed E-state index contributed by atoms with van der Waals surface area (Å²) in [5, 5.41) is 0. The molecule has 1 aromatic heterocycles. The Bertz CT molecular complexity index is 675. The van der Waals surface area contributed by atoms with Gasteiger partial charge >= 0.3 is 0 Å². The van der Waals surface area contributed by atoms with Gasteiger partial charge in [-0.2, -0.15) is 0 Å². The van der Waals surface area contributed by atoms with Crippen LogP contribution in [-0.2, 0) is 0 Å². The molecule has 2 heterocycles. The van der Waals surface area contributed by atoms with E-state index in [4.69, 9.17) is 0 Å². The van der Waals surface area contributed by atoms with Gasteiger partial charge in [-0.1, -0.05) is 18.2 Å². The number of pyridine rings is 1. The molecule has 1 saturated heterocycles. The van der Waals surface area contributed by atoms with Crippen molar-refractivity contribution in [2.45, 2.75) is 18.2 Å². The van der Waals surface area contributed by atoms with Crippen LogP contribution in [-0.4, -0.2) is 59.2 Å². The molecule has 1 fully saturated rings. The fraction of sp³-hybridized carbons (Fsp3) is 0.400. The molecule has 1 amide bonds. The van der Waals surface area contributed by atoms with Crippen molar-refractivity contribution in [3.8, 4) is 0 Å². The summed E-state index contributed by atoms with van der Waals surface area (Å²) in [7, 11) is 0. The number of aryl methyl sites for hydroxylation is 1. The predicted octanol–water partition coefficient (Wildman–Crippen LogP) is 3.33. The molecule has 1 aliphatic rings. The zero-order valence-corrected chi connectivity index (χ0v) is 15.5. The van der Waals surface area contributed by atoms with Gasteiger partial charge in [0, 0.05) is 48.7 Å². The van der Waals surface area contributed by atoms with Crippen molar-refractivity contribution in [2.75, 3.05) is 38.5 Å². The molecule has 0 spiro atoms. The van der Waals surface area contributed by atoms with Crippen LogP contribution in [0.2, 0.25) is 0 Å². The first-order chi connectivity index (χ1) is 12.2. The van der Waals surface area contributed by atoms with E-state index in [9.17, 15) is 4.79 Å². The van der Waals surface area contributed by atoms with E-state index in [1.807, 2.05) is 41.8 Å². The van der Waals surface area contributed by atoms with Crippen LogP contribution in [0.25, 0.3) is 0 Å². The maximum atomic E-state index is 12.6. The van der Waals surface area contributed by atoms with E-state index in [0.29, 0.717) is 5.56 Å². The minimum absolute atomic E-state index is 0.105. The van der Waals surface area contributed by atoms with Crippen LogP contribution < -0.4 is 0 Å². The van der Waals surface area contributed by atoms with Crippen molar-refractivity contribution < 1.29 is 4.79 Å². The van der Waals surface area contributed by atoms with E-state index in [1.165, 1.54) is 4.90 Å². The molecule has 1 aromatic carbocycles. The van der Waals surface area contributed by atoms with Gasteiger partial charge in [0.15, 0.2) is 0 Å². The van der Waals surface area contributed by atoms with E-state index >= 15 is 0 Å². The van der Waals surface area contributed by atoms with Crippen molar-refractivity contribution in [1.29, 1.82) is 0 Å². The first-order valence-corrected chi connectivity index (χ1v) is 9.83. The Balaban J connectivity index is 1.47. The Kier molecular flexibility index (Phi) is 6.48. The Morgan fingerprint density at radius 1 is 1.08 bits per heavy atom. The summed E-state index contributed by atoms with van der Waals surface area (Å²) in [6.07, 6.45) is 2.72. The smallest absolute Gasteiger partial charge is 0.255 e. The maximum Gasteiger partial charge on any atom is 0.255 e. The number of carbonyl (C=O) groups is 1. The van der Waals surface area contributed by atoms with Gasteiger partial charge in [0.25, 0.3) is 5.91 Å². The van der Waals surface area contributed by atoms with E-state index in [1.54, 1.807) is 6.20 Å². The fourth-order valence-electron chi connectivity index (χ4n) is 2.98. The largest absolute Gasteiger partial charge is 0.337 e. The highest BCUT2D eigenvalue weighted by Crippen LogP contribution is 2.17. The lowest BCUT2D eigenvalue weighted by atomic mass is 10.2. The molecule has 25 heavy (non-hydrogen) atoms. The molecule has 0 atom stereocenters. The number of aromatic nitrogens is 1. The van der Waals surface area contributed by atoms with Gasteiger partial charge in [0.05, 0.1) is 5.56 Å². The molecule has 0 unspecified atom stereocenters. The van der Waals surface area contributed by atoms with Crippen molar-refractivity contribution in [1.82, 2.24) is 14.8 Å². The van der Waals surface area contributed by atoms with Gasteiger partial charge in [0.1, 0.15) is 0 Å². The van der Waals surface area contributed by atoms with Crippen LogP contribution in [0, 0.1) is 6.92 Å². The van der Waals surface area contributed by atoms with Crippen LogP contribution in [0.4, 0.5) is 0 Å².